The SMILES string of the molecule is NC(=O)COc1ccc(OCc2ccc(F)cc2)cc1. The monoisotopic (exact) mass is 275 g/mol. The molecular formula is C15H14FNO3. The van der Waals surface area contributed by atoms with Crippen molar-refractivity contribution in [2.75, 3.05) is 6.61 Å². The maximum Gasteiger partial charge on any atom is 0.255 e. The third-order valence-corrected chi connectivity index (χ3v) is 2.52. The molecule has 0 bridgehead atoms. The van der Waals surface area contributed by atoms with E-state index in [1.807, 2.05) is 0 Å². The number of halogens is 1. The van der Waals surface area contributed by atoms with Crippen LogP contribution < -0.4 is 15.2 Å². The molecule has 2 aromatic rings. The second-order valence-corrected chi connectivity index (χ2v) is 4.14. The summed E-state index contributed by atoms with van der Waals surface area (Å²) >= 11 is 0. The lowest BCUT2D eigenvalue weighted by molar-refractivity contribution is -0.119. The van der Waals surface area contributed by atoms with Crippen molar-refractivity contribution in [3.63, 3.8) is 0 Å². The van der Waals surface area contributed by atoms with Crippen molar-refractivity contribution in [3.8, 4) is 11.5 Å². The average molecular weight is 275 g/mol. The van der Waals surface area contributed by atoms with Crippen LogP contribution in [0.5, 0.6) is 11.5 Å². The van der Waals surface area contributed by atoms with Gasteiger partial charge < -0.3 is 15.2 Å². The van der Waals surface area contributed by atoms with Crippen LogP contribution in [-0.2, 0) is 11.4 Å². The van der Waals surface area contributed by atoms with Crippen LogP contribution in [0.15, 0.2) is 48.5 Å². The molecule has 0 saturated carbocycles. The van der Waals surface area contributed by atoms with Crippen molar-refractivity contribution in [3.05, 3.63) is 59.9 Å². The van der Waals surface area contributed by atoms with Crippen molar-refractivity contribution < 1.29 is 18.7 Å². The number of carbonyl (C=O) groups is 1. The molecule has 0 radical (unpaired) electrons. The molecule has 4 nitrogen and oxygen atoms in total. The van der Waals surface area contributed by atoms with E-state index in [4.69, 9.17) is 15.2 Å². The second-order valence-electron chi connectivity index (χ2n) is 4.14. The molecule has 0 fully saturated rings. The molecule has 0 spiro atoms. The highest BCUT2D eigenvalue weighted by atomic mass is 19.1. The average Bonchev–Trinajstić information content (AvgIpc) is 2.45. The Hall–Kier alpha value is -2.56. The van der Waals surface area contributed by atoms with Crippen LogP contribution in [0, 0.1) is 5.82 Å². The van der Waals surface area contributed by atoms with Crippen LogP contribution in [0.3, 0.4) is 0 Å². The summed E-state index contributed by atoms with van der Waals surface area (Å²) in [6.45, 7) is 0.192. The molecule has 0 saturated heterocycles. The Morgan fingerprint density at radius 3 is 2.05 bits per heavy atom. The van der Waals surface area contributed by atoms with E-state index in [0.717, 1.165) is 5.56 Å². The van der Waals surface area contributed by atoms with Gasteiger partial charge in [0.2, 0.25) is 0 Å². The van der Waals surface area contributed by atoms with Crippen LogP contribution in [0.4, 0.5) is 4.39 Å². The summed E-state index contributed by atoms with van der Waals surface area (Å²) < 4.78 is 23.4. The first-order valence-corrected chi connectivity index (χ1v) is 6.02. The van der Waals surface area contributed by atoms with Gasteiger partial charge in [-0.3, -0.25) is 4.79 Å². The van der Waals surface area contributed by atoms with Crippen molar-refractivity contribution in [2.24, 2.45) is 5.73 Å². The fourth-order valence-electron chi connectivity index (χ4n) is 1.53. The summed E-state index contributed by atoms with van der Waals surface area (Å²) in [6.07, 6.45) is 0. The Balaban J connectivity index is 1.87. The molecule has 0 aliphatic heterocycles. The van der Waals surface area contributed by atoms with E-state index in [9.17, 15) is 9.18 Å². The lowest BCUT2D eigenvalue weighted by Crippen LogP contribution is -2.19. The highest BCUT2D eigenvalue weighted by Crippen LogP contribution is 2.18. The van der Waals surface area contributed by atoms with E-state index in [-0.39, 0.29) is 12.4 Å². The minimum absolute atomic E-state index is 0.157. The number of hydrogen-bond acceptors (Lipinski definition) is 3. The molecule has 0 atom stereocenters. The van der Waals surface area contributed by atoms with Gasteiger partial charge in [-0.15, -0.1) is 0 Å². The zero-order valence-corrected chi connectivity index (χ0v) is 10.7. The van der Waals surface area contributed by atoms with Crippen LogP contribution in [0.25, 0.3) is 0 Å². The van der Waals surface area contributed by atoms with Gasteiger partial charge in [0.25, 0.3) is 5.91 Å². The highest BCUT2D eigenvalue weighted by molar-refractivity contribution is 5.75. The fraction of sp³-hybridized carbons (Fsp3) is 0.133. The van der Waals surface area contributed by atoms with Gasteiger partial charge in [-0.05, 0) is 42.0 Å². The Kier molecular flexibility index (Phi) is 4.55. The van der Waals surface area contributed by atoms with Gasteiger partial charge in [0.05, 0.1) is 0 Å². The van der Waals surface area contributed by atoms with E-state index in [1.165, 1.54) is 12.1 Å². The summed E-state index contributed by atoms with van der Waals surface area (Å²) in [4.78, 5) is 10.6. The van der Waals surface area contributed by atoms with Gasteiger partial charge in [0.15, 0.2) is 6.61 Å². The van der Waals surface area contributed by atoms with Crippen LogP contribution in [0.2, 0.25) is 0 Å². The lowest BCUT2D eigenvalue weighted by Gasteiger charge is -2.08. The van der Waals surface area contributed by atoms with E-state index in [1.54, 1.807) is 36.4 Å². The molecule has 0 aliphatic rings. The van der Waals surface area contributed by atoms with Gasteiger partial charge in [0.1, 0.15) is 23.9 Å². The Morgan fingerprint density at radius 1 is 0.950 bits per heavy atom. The van der Waals surface area contributed by atoms with Crippen LogP contribution in [-0.4, -0.2) is 12.5 Å². The molecule has 0 aliphatic carbocycles. The minimum atomic E-state index is -0.526. The largest absolute Gasteiger partial charge is 0.489 e. The molecule has 0 heterocycles. The third-order valence-electron chi connectivity index (χ3n) is 2.52. The molecule has 20 heavy (non-hydrogen) atoms. The van der Waals surface area contributed by atoms with Crippen molar-refractivity contribution in [1.29, 1.82) is 0 Å². The first kappa shape index (κ1) is 13.9. The van der Waals surface area contributed by atoms with E-state index in [2.05, 4.69) is 0 Å². The predicted octanol–water partition coefficient (Wildman–Crippen LogP) is 2.27. The van der Waals surface area contributed by atoms with Gasteiger partial charge in [-0.1, -0.05) is 12.1 Å². The van der Waals surface area contributed by atoms with Crippen molar-refractivity contribution in [1.82, 2.24) is 0 Å². The number of amides is 1. The lowest BCUT2D eigenvalue weighted by atomic mass is 10.2. The zero-order valence-electron chi connectivity index (χ0n) is 10.7. The molecular weight excluding hydrogens is 261 g/mol. The number of benzene rings is 2. The summed E-state index contributed by atoms with van der Waals surface area (Å²) in [5.41, 5.74) is 5.85. The summed E-state index contributed by atoms with van der Waals surface area (Å²) in [5.74, 6) is 0.394. The van der Waals surface area contributed by atoms with E-state index in [0.29, 0.717) is 18.1 Å². The quantitative estimate of drug-likeness (QED) is 0.879. The predicted molar refractivity (Wildman–Crippen MR) is 71.9 cm³/mol. The summed E-state index contributed by atoms with van der Waals surface area (Å²) in [7, 11) is 0. The maximum absolute atomic E-state index is 12.7. The van der Waals surface area contributed by atoms with Crippen LogP contribution in [0.1, 0.15) is 5.56 Å². The summed E-state index contributed by atoms with van der Waals surface area (Å²) in [5, 5.41) is 0. The third kappa shape index (κ3) is 4.28. The van der Waals surface area contributed by atoms with Crippen molar-refractivity contribution >= 4 is 5.91 Å². The van der Waals surface area contributed by atoms with E-state index < -0.39 is 5.91 Å². The molecule has 0 aromatic heterocycles. The molecule has 2 rings (SSSR count). The molecule has 1 amide bonds. The number of rotatable bonds is 6. The Labute approximate surface area is 115 Å². The first-order chi connectivity index (χ1) is 9.63. The Morgan fingerprint density at radius 2 is 1.50 bits per heavy atom. The fourth-order valence-corrected chi connectivity index (χ4v) is 1.53. The normalized spacial score (nSPS) is 10.1. The number of ether oxygens (including phenoxy) is 2. The molecule has 2 aromatic carbocycles. The number of carbonyl (C=O) groups excluding carboxylic acids is 1. The topological polar surface area (TPSA) is 61.6 Å². The number of hydrogen-bond donors (Lipinski definition) is 1. The number of primary amides is 1. The van der Waals surface area contributed by atoms with Gasteiger partial charge in [-0.2, -0.15) is 0 Å². The maximum atomic E-state index is 12.7. The summed E-state index contributed by atoms with van der Waals surface area (Å²) in [6, 6.07) is 12.9. The first-order valence-electron chi connectivity index (χ1n) is 6.02. The molecule has 104 valence electrons. The molecule has 2 N–H and O–H groups in total. The second kappa shape index (κ2) is 6.56. The molecule has 0 unspecified atom stereocenters. The number of nitrogens with two attached hydrogens (primary N) is 1. The van der Waals surface area contributed by atoms with Gasteiger partial charge in [-0.25, -0.2) is 4.39 Å². The van der Waals surface area contributed by atoms with Crippen LogP contribution >= 0.6 is 0 Å². The van der Waals surface area contributed by atoms with Gasteiger partial charge >= 0.3 is 0 Å². The van der Waals surface area contributed by atoms with Gasteiger partial charge in [0, 0.05) is 0 Å². The highest BCUT2D eigenvalue weighted by Gasteiger charge is 2.00. The smallest absolute Gasteiger partial charge is 0.255 e. The standard InChI is InChI=1S/C15H14FNO3/c16-12-3-1-11(2-4-12)9-19-13-5-7-14(8-6-13)20-10-15(17)18/h1-8H,9-10H2,(H2,17,18). The Bertz CT molecular complexity index is 567. The zero-order chi connectivity index (χ0) is 14.4. The van der Waals surface area contributed by atoms with Crippen molar-refractivity contribution in [2.45, 2.75) is 6.61 Å². The molecule has 5 heteroatoms. The minimum Gasteiger partial charge on any atom is -0.489 e. The van der Waals surface area contributed by atoms with E-state index >= 15 is 0 Å².